The molecule has 7 heteroatoms. The summed E-state index contributed by atoms with van der Waals surface area (Å²) in [5, 5.41) is 19.1. The summed E-state index contributed by atoms with van der Waals surface area (Å²) in [5.74, 6) is 0.618. The first-order valence-corrected chi connectivity index (χ1v) is 7.20. The smallest absolute Gasteiger partial charge is 0.334 e. The van der Waals surface area contributed by atoms with Gasteiger partial charge in [0.2, 0.25) is 5.82 Å². The van der Waals surface area contributed by atoms with Crippen molar-refractivity contribution in [3.63, 3.8) is 0 Å². The maximum Gasteiger partial charge on any atom is 0.334 e. The van der Waals surface area contributed by atoms with Crippen LogP contribution in [0.15, 0.2) is 0 Å². The van der Waals surface area contributed by atoms with Crippen LogP contribution in [0.25, 0.3) is 0 Å². The molecule has 20 heavy (non-hydrogen) atoms. The zero-order chi connectivity index (χ0) is 14.7. The molecule has 1 saturated heterocycles. The second-order valence-electron chi connectivity index (χ2n) is 5.36. The van der Waals surface area contributed by atoms with E-state index in [0.717, 1.165) is 32.4 Å². The first-order chi connectivity index (χ1) is 9.56. The SMILES string of the molecule is CCCc1nn(C)c(N(C)C2CCCNC2)c1[N+](=O)[O-]. The molecule has 1 fully saturated rings. The highest BCUT2D eigenvalue weighted by Crippen LogP contribution is 2.33. The van der Waals surface area contributed by atoms with Gasteiger partial charge in [-0.15, -0.1) is 0 Å². The molecule has 0 radical (unpaired) electrons. The number of hydrogen-bond acceptors (Lipinski definition) is 5. The van der Waals surface area contributed by atoms with Crippen molar-refractivity contribution in [3.05, 3.63) is 15.8 Å². The minimum atomic E-state index is -0.292. The van der Waals surface area contributed by atoms with Crippen LogP contribution in [0.3, 0.4) is 0 Å². The molecule has 1 aromatic rings. The summed E-state index contributed by atoms with van der Waals surface area (Å²) in [6, 6.07) is 0.285. The lowest BCUT2D eigenvalue weighted by atomic mass is 10.1. The highest BCUT2D eigenvalue weighted by atomic mass is 16.6. The second-order valence-corrected chi connectivity index (χ2v) is 5.36. The Morgan fingerprint density at radius 1 is 1.60 bits per heavy atom. The van der Waals surface area contributed by atoms with Crippen molar-refractivity contribution < 1.29 is 4.92 Å². The Bertz CT molecular complexity index is 479. The number of rotatable bonds is 5. The van der Waals surface area contributed by atoms with Gasteiger partial charge in [-0.05, 0) is 25.8 Å². The highest BCUT2D eigenvalue weighted by Gasteiger charge is 2.31. The number of nitrogens with zero attached hydrogens (tertiary/aromatic N) is 4. The molecular weight excluding hydrogens is 258 g/mol. The van der Waals surface area contributed by atoms with Crippen molar-refractivity contribution in [2.45, 2.75) is 38.6 Å². The van der Waals surface area contributed by atoms with Crippen LogP contribution in [0.2, 0.25) is 0 Å². The molecule has 0 spiro atoms. The Balaban J connectivity index is 2.35. The average molecular weight is 281 g/mol. The van der Waals surface area contributed by atoms with E-state index >= 15 is 0 Å². The molecule has 1 aliphatic heterocycles. The fraction of sp³-hybridized carbons (Fsp3) is 0.769. The van der Waals surface area contributed by atoms with Crippen LogP contribution in [0.1, 0.15) is 31.9 Å². The van der Waals surface area contributed by atoms with Crippen LogP contribution in [-0.4, -0.2) is 40.9 Å². The van der Waals surface area contributed by atoms with Gasteiger partial charge in [-0.2, -0.15) is 5.10 Å². The number of nitrogens with one attached hydrogen (secondary N) is 1. The lowest BCUT2D eigenvalue weighted by Crippen LogP contribution is -2.45. The van der Waals surface area contributed by atoms with E-state index in [1.54, 1.807) is 11.7 Å². The van der Waals surface area contributed by atoms with E-state index in [0.29, 0.717) is 17.9 Å². The van der Waals surface area contributed by atoms with Crippen molar-refractivity contribution in [1.29, 1.82) is 0 Å². The van der Waals surface area contributed by atoms with Gasteiger partial charge in [0, 0.05) is 26.7 Å². The summed E-state index contributed by atoms with van der Waals surface area (Å²) in [7, 11) is 3.71. The summed E-state index contributed by atoms with van der Waals surface area (Å²) in [6.45, 7) is 3.90. The fourth-order valence-corrected chi connectivity index (χ4v) is 2.88. The second kappa shape index (κ2) is 6.21. The summed E-state index contributed by atoms with van der Waals surface area (Å²) in [6.07, 6.45) is 3.64. The Morgan fingerprint density at radius 2 is 2.35 bits per heavy atom. The van der Waals surface area contributed by atoms with Crippen molar-refractivity contribution in [2.75, 3.05) is 25.0 Å². The molecule has 0 amide bonds. The lowest BCUT2D eigenvalue weighted by molar-refractivity contribution is -0.384. The quantitative estimate of drug-likeness (QED) is 0.653. The van der Waals surface area contributed by atoms with E-state index in [1.165, 1.54) is 0 Å². The molecule has 0 saturated carbocycles. The van der Waals surface area contributed by atoms with E-state index in [4.69, 9.17) is 0 Å². The molecule has 7 nitrogen and oxygen atoms in total. The Morgan fingerprint density at radius 3 is 2.90 bits per heavy atom. The summed E-state index contributed by atoms with van der Waals surface area (Å²) in [4.78, 5) is 13.1. The van der Waals surface area contributed by atoms with Gasteiger partial charge in [0.15, 0.2) is 0 Å². The number of aromatic nitrogens is 2. The third-order valence-corrected chi connectivity index (χ3v) is 3.88. The number of nitro groups is 1. The van der Waals surface area contributed by atoms with E-state index in [2.05, 4.69) is 10.4 Å². The Labute approximate surface area is 119 Å². The number of anilines is 1. The number of aryl methyl sites for hydroxylation is 2. The number of piperidine rings is 1. The Hall–Kier alpha value is -1.63. The van der Waals surface area contributed by atoms with Gasteiger partial charge in [0.05, 0.1) is 4.92 Å². The molecule has 2 rings (SSSR count). The van der Waals surface area contributed by atoms with Gasteiger partial charge in [0.1, 0.15) is 5.69 Å². The zero-order valence-corrected chi connectivity index (χ0v) is 12.4. The molecule has 112 valence electrons. The minimum Gasteiger partial charge on any atom is -0.350 e. The van der Waals surface area contributed by atoms with Gasteiger partial charge < -0.3 is 10.2 Å². The molecule has 2 heterocycles. The summed E-state index contributed by atoms with van der Waals surface area (Å²) < 4.78 is 1.65. The van der Waals surface area contributed by atoms with Gasteiger partial charge in [-0.1, -0.05) is 13.3 Å². The highest BCUT2D eigenvalue weighted by molar-refractivity contribution is 5.61. The van der Waals surface area contributed by atoms with E-state index in [-0.39, 0.29) is 16.7 Å². The van der Waals surface area contributed by atoms with Gasteiger partial charge >= 0.3 is 5.69 Å². The third kappa shape index (κ3) is 2.77. The monoisotopic (exact) mass is 281 g/mol. The van der Waals surface area contributed by atoms with Crippen LogP contribution < -0.4 is 10.2 Å². The van der Waals surface area contributed by atoms with Crippen molar-refractivity contribution in [3.8, 4) is 0 Å². The molecule has 1 aromatic heterocycles. The normalized spacial score (nSPS) is 19.1. The van der Waals surface area contributed by atoms with Gasteiger partial charge in [0.25, 0.3) is 0 Å². The van der Waals surface area contributed by atoms with Crippen LogP contribution >= 0.6 is 0 Å². The third-order valence-electron chi connectivity index (χ3n) is 3.88. The van der Waals surface area contributed by atoms with E-state index in [9.17, 15) is 10.1 Å². The summed E-state index contributed by atoms with van der Waals surface area (Å²) in [5.41, 5.74) is 0.757. The number of likely N-dealkylation sites (N-methyl/N-ethyl adjacent to an activating group) is 1. The van der Waals surface area contributed by atoms with Crippen LogP contribution in [-0.2, 0) is 13.5 Å². The molecular formula is C13H23N5O2. The molecule has 1 unspecified atom stereocenters. The van der Waals surface area contributed by atoms with Crippen LogP contribution in [0, 0.1) is 10.1 Å². The minimum absolute atomic E-state index is 0.169. The van der Waals surface area contributed by atoms with Crippen molar-refractivity contribution in [1.82, 2.24) is 15.1 Å². The molecule has 0 aliphatic carbocycles. The van der Waals surface area contributed by atoms with Gasteiger partial charge in [-0.3, -0.25) is 10.1 Å². The number of hydrogen-bond donors (Lipinski definition) is 1. The summed E-state index contributed by atoms with van der Waals surface area (Å²) >= 11 is 0. The molecule has 0 bridgehead atoms. The topological polar surface area (TPSA) is 76.2 Å². The van der Waals surface area contributed by atoms with E-state index in [1.807, 2.05) is 18.9 Å². The van der Waals surface area contributed by atoms with Crippen molar-refractivity contribution >= 4 is 11.5 Å². The maximum absolute atomic E-state index is 11.4. The van der Waals surface area contributed by atoms with Gasteiger partial charge in [-0.25, -0.2) is 4.68 Å². The Kier molecular flexibility index (Phi) is 4.59. The fourth-order valence-electron chi connectivity index (χ4n) is 2.88. The van der Waals surface area contributed by atoms with Crippen LogP contribution in [0.4, 0.5) is 11.5 Å². The van der Waals surface area contributed by atoms with Crippen LogP contribution in [0.5, 0.6) is 0 Å². The largest absolute Gasteiger partial charge is 0.350 e. The lowest BCUT2D eigenvalue weighted by Gasteiger charge is -2.32. The first-order valence-electron chi connectivity index (χ1n) is 7.20. The molecule has 0 aromatic carbocycles. The predicted octanol–water partition coefficient (Wildman–Crippen LogP) is 1.47. The average Bonchev–Trinajstić information content (AvgIpc) is 2.76. The first kappa shape index (κ1) is 14.8. The maximum atomic E-state index is 11.4. The zero-order valence-electron chi connectivity index (χ0n) is 12.4. The molecule has 1 aliphatic rings. The van der Waals surface area contributed by atoms with E-state index < -0.39 is 0 Å². The molecule has 1 atom stereocenters. The standard InChI is InChI=1S/C13H23N5O2/c1-4-6-11-12(18(19)20)13(17(3)15-11)16(2)10-7-5-8-14-9-10/h10,14H,4-9H2,1-3H3. The molecule has 1 N–H and O–H groups in total. The van der Waals surface area contributed by atoms with Crippen molar-refractivity contribution in [2.24, 2.45) is 7.05 Å². The predicted molar refractivity (Wildman–Crippen MR) is 78.2 cm³/mol.